The molecule has 110 valence electrons. The van der Waals surface area contributed by atoms with Crippen LogP contribution in [0.2, 0.25) is 5.02 Å². The van der Waals surface area contributed by atoms with E-state index >= 15 is 0 Å². The first kappa shape index (κ1) is 16.5. The lowest BCUT2D eigenvalue weighted by atomic mass is 9.86. The van der Waals surface area contributed by atoms with Crippen LogP contribution < -0.4 is 5.73 Å². The average molecular weight is 286 g/mol. The Balaban J connectivity index is 2.98. The van der Waals surface area contributed by atoms with E-state index < -0.39 is 0 Å². The number of aryl methyl sites for hydroxylation is 2. The van der Waals surface area contributed by atoms with Gasteiger partial charge in [0.1, 0.15) is 0 Å². The molecule has 3 nitrogen and oxygen atoms in total. The third-order valence-electron chi connectivity index (χ3n) is 3.95. The monoisotopic (exact) mass is 285 g/mol. The molecule has 0 aromatic carbocycles. The van der Waals surface area contributed by atoms with Crippen molar-refractivity contribution in [2.75, 3.05) is 0 Å². The summed E-state index contributed by atoms with van der Waals surface area (Å²) in [4.78, 5) is 0. The zero-order chi connectivity index (χ0) is 14.5. The molecule has 1 aromatic heterocycles. The Kier molecular flexibility index (Phi) is 6.34. The number of nitrogens with zero attached hydrogens (tertiary/aromatic N) is 2. The SMILES string of the molecule is CCCCC(N)(CC)Cc1c(Cl)c(CC)nn1CC. The van der Waals surface area contributed by atoms with E-state index in [0.717, 1.165) is 48.6 Å². The summed E-state index contributed by atoms with van der Waals surface area (Å²) in [6, 6.07) is 0. The highest BCUT2D eigenvalue weighted by Gasteiger charge is 2.27. The quantitative estimate of drug-likeness (QED) is 0.786. The highest BCUT2D eigenvalue weighted by atomic mass is 35.5. The molecule has 0 aliphatic carbocycles. The van der Waals surface area contributed by atoms with Gasteiger partial charge in [-0.05, 0) is 26.2 Å². The summed E-state index contributed by atoms with van der Waals surface area (Å²) in [5.41, 5.74) is 8.51. The molecular formula is C15H28ClN3. The van der Waals surface area contributed by atoms with E-state index in [2.05, 4.69) is 32.8 Å². The Bertz CT molecular complexity index is 400. The average Bonchev–Trinajstić information content (AvgIpc) is 2.73. The molecule has 0 aliphatic rings. The second kappa shape index (κ2) is 7.30. The summed E-state index contributed by atoms with van der Waals surface area (Å²) in [5.74, 6) is 0. The summed E-state index contributed by atoms with van der Waals surface area (Å²) in [5, 5.41) is 5.40. The molecule has 0 radical (unpaired) electrons. The normalized spacial score (nSPS) is 14.6. The van der Waals surface area contributed by atoms with Gasteiger partial charge in [0.25, 0.3) is 0 Å². The number of halogens is 1. The first-order chi connectivity index (χ1) is 9.01. The molecule has 0 saturated carbocycles. The molecule has 2 N–H and O–H groups in total. The Morgan fingerprint density at radius 2 is 1.95 bits per heavy atom. The fourth-order valence-electron chi connectivity index (χ4n) is 2.44. The number of nitrogens with two attached hydrogens (primary N) is 1. The highest BCUT2D eigenvalue weighted by Crippen LogP contribution is 2.28. The van der Waals surface area contributed by atoms with Crippen LogP contribution in [0, 0.1) is 0 Å². The Morgan fingerprint density at radius 1 is 1.26 bits per heavy atom. The lowest BCUT2D eigenvalue weighted by Gasteiger charge is -2.28. The largest absolute Gasteiger partial charge is 0.325 e. The summed E-state index contributed by atoms with van der Waals surface area (Å²) in [7, 11) is 0. The van der Waals surface area contributed by atoms with Crippen LogP contribution in [0.25, 0.3) is 0 Å². The van der Waals surface area contributed by atoms with Crippen molar-refractivity contribution in [3.8, 4) is 0 Å². The van der Waals surface area contributed by atoms with Gasteiger partial charge in [-0.25, -0.2) is 0 Å². The van der Waals surface area contributed by atoms with E-state index in [1.54, 1.807) is 0 Å². The van der Waals surface area contributed by atoms with Gasteiger partial charge in [0.15, 0.2) is 0 Å². The maximum atomic E-state index is 6.56. The van der Waals surface area contributed by atoms with Gasteiger partial charge in [-0.3, -0.25) is 4.68 Å². The zero-order valence-corrected chi connectivity index (χ0v) is 13.6. The van der Waals surface area contributed by atoms with Gasteiger partial charge in [-0.2, -0.15) is 5.10 Å². The molecule has 1 atom stereocenters. The van der Waals surface area contributed by atoms with Crippen molar-refractivity contribution in [1.82, 2.24) is 9.78 Å². The highest BCUT2D eigenvalue weighted by molar-refractivity contribution is 6.31. The van der Waals surface area contributed by atoms with Crippen molar-refractivity contribution < 1.29 is 0 Å². The van der Waals surface area contributed by atoms with E-state index in [9.17, 15) is 0 Å². The summed E-state index contributed by atoms with van der Waals surface area (Å²) in [6.45, 7) is 9.40. The Labute approximate surface area is 122 Å². The van der Waals surface area contributed by atoms with Crippen LogP contribution >= 0.6 is 11.6 Å². The molecule has 1 heterocycles. The molecule has 19 heavy (non-hydrogen) atoms. The minimum atomic E-state index is -0.155. The van der Waals surface area contributed by atoms with Crippen molar-refractivity contribution in [3.63, 3.8) is 0 Å². The number of aromatic nitrogens is 2. The molecular weight excluding hydrogens is 258 g/mol. The van der Waals surface area contributed by atoms with Crippen molar-refractivity contribution in [3.05, 3.63) is 16.4 Å². The third-order valence-corrected chi connectivity index (χ3v) is 4.38. The molecule has 0 fully saturated rings. The third kappa shape index (κ3) is 3.96. The van der Waals surface area contributed by atoms with Crippen LogP contribution in [0.4, 0.5) is 0 Å². The molecule has 1 unspecified atom stereocenters. The predicted molar refractivity (Wildman–Crippen MR) is 82.7 cm³/mol. The van der Waals surface area contributed by atoms with Gasteiger partial charge in [-0.15, -0.1) is 0 Å². The van der Waals surface area contributed by atoms with E-state index in [1.807, 2.05) is 4.68 Å². The summed E-state index contributed by atoms with van der Waals surface area (Å²) >= 11 is 6.47. The van der Waals surface area contributed by atoms with Gasteiger partial charge in [0, 0.05) is 18.5 Å². The maximum Gasteiger partial charge on any atom is 0.0850 e. The number of unbranched alkanes of at least 4 members (excludes halogenated alkanes) is 1. The van der Waals surface area contributed by atoms with Crippen LogP contribution in [0.15, 0.2) is 0 Å². The van der Waals surface area contributed by atoms with E-state index in [-0.39, 0.29) is 5.54 Å². The lowest BCUT2D eigenvalue weighted by molar-refractivity contribution is 0.355. The van der Waals surface area contributed by atoms with Crippen LogP contribution in [-0.2, 0) is 19.4 Å². The van der Waals surface area contributed by atoms with Gasteiger partial charge < -0.3 is 5.73 Å². The van der Waals surface area contributed by atoms with Crippen LogP contribution in [-0.4, -0.2) is 15.3 Å². The lowest BCUT2D eigenvalue weighted by Crippen LogP contribution is -2.42. The second-order valence-corrected chi connectivity index (χ2v) is 5.75. The molecule has 4 heteroatoms. The molecule has 0 amide bonds. The summed E-state index contributed by atoms with van der Waals surface area (Å²) < 4.78 is 2.02. The molecule has 0 aliphatic heterocycles. The van der Waals surface area contributed by atoms with E-state index in [0.29, 0.717) is 0 Å². The van der Waals surface area contributed by atoms with Crippen LogP contribution in [0.1, 0.15) is 64.8 Å². The first-order valence-corrected chi connectivity index (χ1v) is 7.92. The predicted octanol–water partition coefficient (Wildman–Crippen LogP) is 3.96. The topological polar surface area (TPSA) is 43.8 Å². The molecule has 0 bridgehead atoms. The van der Waals surface area contributed by atoms with E-state index in [4.69, 9.17) is 17.3 Å². The standard InChI is InChI=1S/C15H28ClN3/c1-5-9-10-15(17,7-3)11-13-14(16)12(6-2)18-19(13)8-4/h5-11,17H2,1-4H3. The fourth-order valence-corrected chi connectivity index (χ4v) is 2.77. The van der Waals surface area contributed by atoms with Gasteiger partial charge in [0.2, 0.25) is 0 Å². The van der Waals surface area contributed by atoms with Crippen molar-refractivity contribution in [1.29, 1.82) is 0 Å². The van der Waals surface area contributed by atoms with Crippen LogP contribution in [0.5, 0.6) is 0 Å². The fraction of sp³-hybridized carbons (Fsp3) is 0.800. The molecule has 0 saturated heterocycles. The second-order valence-electron chi connectivity index (χ2n) is 5.37. The first-order valence-electron chi connectivity index (χ1n) is 7.54. The molecule has 0 spiro atoms. The number of hydrogen-bond acceptors (Lipinski definition) is 2. The Hall–Kier alpha value is -0.540. The maximum absolute atomic E-state index is 6.56. The van der Waals surface area contributed by atoms with Crippen molar-refractivity contribution >= 4 is 11.6 Å². The summed E-state index contributed by atoms with van der Waals surface area (Å²) in [6.07, 6.45) is 6.07. The zero-order valence-electron chi connectivity index (χ0n) is 12.8. The molecule has 1 aromatic rings. The minimum Gasteiger partial charge on any atom is -0.325 e. The molecule has 1 rings (SSSR count). The Morgan fingerprint density at radius 3 is 2.42 bits per heavy atom. The smallest absolute Gasteiger partial charge is 0.0850 e. The van der Waals surface area contributed by atoms with Crippen LogP contribution in [0.3, 0.4) is 0 Å². The van der Waals surface area contributed by atoms with E-state index in [1.165, 1.54) is 12.8 Å². The van der Waals surface area contributed by atoms with Crippen molar-refractivity contribution in [2.24, 2.45) is 5.73 Å². The van der Waals surface area contributed by atoms with Crippen molar-refractivity contribution in [2.45, 2.75) is 78.3 Å². The van der Waals surface area contributed by atoms with Gasteiger partial charge >= 0.3 is 0 Å². The number of hydrogen-bond donors (Lipinski definition) is 1. The number of rotatable bonds is 8. The minimum absolute atomic E-state index is 0.155. The van der Waals surface area contributed by atoms with Gasteiger partial charge in [-0.1, -0.05) is 45.2 Å². The van der Waals surface area contributed by atoms with Gasteiger partial charge in [0.05, 0.1) is 16.4 Å².